The van der Waals surface area contributed by atoms with Crippen LogP contribution in [0.2, 0.25) is 0 Å². The van der Waals surface area contributed by atoms with Gasteiger partial charge in [0.2, 0.25) is 0 Å². The van der Waals surface area contributed by atoms with Crippen LogP contribution in [-0.4, -0.2) is 18.4 Å². The van der Waals surface area contributed by atoms with Crippen LogP contribution in [0.5, 0.6) is 0 Å². The Hall–Kier alpha value is -2.42. The van der Waals surface area contributed by atoms with Gasteiger partial charge >= 0.3 is 5.97 Å². The van der Waals surface area contributed by atoms with Crippen LogP contribution in [-0.2, 0) is 16.0 Å². The highest BCUT2D eigenvalue weighted by Gasteiger charge is 2.11. The van der Waals surface area contributed by atoms with Crippen LogP contribution in [0, 0.1) is 13.8 Å². The summed E-state index contributed by atoms with van der Waals surface area (Å²) < 4.78 is 5.04. The van der Waals surface area contributed by atoms with Gasteiger partial charge in [0.1, 0.15) is 0 Å². The zero-order chi connectivity index (χ0) is 15.2. The second-order valence-electron chi connectivity index (χ2n) is 5.05. The van der Waals surface area contributed by atoms with E-state index in [1.165, 1.54) is 0 Å². The highest BCUT2D eigenvalue weighted by atomic mass is 16.5. The summed E-state index contributed by atoms with van der Waals surface area (Å²) >= 11 is 0. The predicted molar refractivity (Wildman–Crippen MR) is 81.4 cm³/mol. The van der Waals surface area contributed by atoms with Crippen molar-refractivity contribution in [2.45, 2.75) is 20.3 Å². The monoisotopic (exact) mass is 282 g/mol. The van der Waals surface area contributed by atoms with Gasteiger partial charge in [-0.25, -0.2) is 0 Å². The molecule has 0 aromatic heterocycles. The Labute approximate surface area is 124 Å². The first-order valence-electron chi connectivity index (χ1n) is 6.86. The number of carbonyl (C=O) groups is 2. The molecule has 2 aromatic rings. The lowest BCUT2D eigenvalue weighted by Gasteiger charge is -2.06. The predicted octanol–water partition coefficient (Wildman–Crippen LogP) is 3.27. The minimum Gasteiger partial charge on any atom is -0.457 e. The van der Waals surface area contributed by atoms with Crippen molar-refractivity contribution in [3.8, 4) is 0 Å². The fourth-order valence-electron chi connectivity index (χ4n) is 1.96. The van der Waals surface area contributed by atoms with Crippen LogP contribution < -0.4 is 0 Å². The molecular weight excluding hydrogens is 264 g/mol. The highest BCUT2D eigenvalue weighted by molar-refractivity contribution is 5.98. The lowest BCUT2D eigenvalue weighted by atomic mass is 10.0. The molecule has 21 heavy (non-hydrogen) atoms. The molecule has 0 spiro atoms. The van der Waals surface area contributed by atoms with Gasteiger partial charge in [-0.3, -0.25) is 9.59 Å². The van der Waals surface area contributed by atoms with E-state index < -0.39 is 5.97 Å². The molecule has 108 valence electrons. The maximum atomic E-state index is 12.0. The van der Waals surface area contributed by atoms with Crippen LogP contribution >= 0.6 is 0 Å². The molecule has 2 rings (SSSR count). The third-order valence-electron chi connectivity index (χ3n) is 3.38. The quantitative estimate of drug-likeness (QED) is 0.624. The molecule has 0 saturated heterocycles. The van der Waals surface area contributed by atoms with E-state index in [9.17, 15) is 9.59 Å². The van der Waals surface area contributed by atoms with Gasteiger partial charge < -0.3 is 4.74 Å². The third-order valence-corrected chi connectivity index (χ3v) is 3.38. The number of Topliss-reactive ketones (excluding diaryl/α,β-unsaturated/α-hetero) is 1. The lowest BCUT2D eigenvalue weighted by molar-refractivity contribution is -0.141. The highest BCUT2D eigenvalue weighted by Crippen LogP contribution is 2.10. The third kappa shape index (κ3) is 4.28. The fourth-order valence-corrected chi connectivity index (χ4v) is 1.96. The van der Waals surface area contributed by atoms with Crippen LogP contribution in [0.25, 0.3) is 0 Å². The number of ether oxygens (including phenoxy) is 1. The van der Waals surface area contributed by atoms with E-state index in [0.29, 0.717) is 5.56 Å². The van der Waals surface area contributed by atoms with Gasteiger partial charge in [0.15, 0.2) is 12.4 Å². The summed E-state index contributed by atoms with van der Waals surface area (Å²) in [6, 6.07) is 14.8. The van der Waals surface area contributed by atoms with E-state index in [-0.39, 0.29) is 18.8 Å². The van der Waals surface area contributed by atoms with E-state index in [1.54, 1.807) is 6.07 Å². The van der Waals surface area contributed by atoms with Crippen molar-refractivity contribution in [3.63, 3.8) is 0 Å². The van der Waals surface area contributed by atoms with Crippen molar-refractivity contribution in [2.24, 2.45) is 0 Å². The Morgan fingerprint density at radius 2 is 1.67 bits per heavy atom. The number of ketones is 1. The van der Waals surface area contributed by atoms with Crippen LogP contribution in [0.3, 0.4) is 0 Å². The van der Waals surface area contributed by atoms with Gasteiger partial charge in [-0.1, -0.05) is 42.5 Å². The summed E-state index contributed by atoms with van der Waals surface area (Å²) in [6.07, 6.45) is 0.182. The molecule has 3 nitrogen and oxygen atoms in total. The van der Waals surface area contributed by atoms with Crippen molar-refractivity contribution in [1.82, 2.24) is 0 Å². The van der Waals surface area contributed by atoms with Gasteiger partial charge in [-0.2, -0.15) is 0 Å². The number of benzene rings is 2. The summed E-state index contributed by atoms with van der Waals surface area (Å²) in [5, 5.41) is 0. The fraction of sp³-hybridized carbons (Fsp3) is 0.222. The van der Waals surface area contributed by atoms with Crippen molar-refractivity contribution in [3.05, 3.63) is 70.8 Å². The molecule has 0 amide bonds. The standard InChI is InChI=1S/C18H18O3/c1-13-8-9-16(10-14(13)2)17(19)12-21-18(20)11-15-6-4-3-5-7-15/h3-10H,11-12H2,1-2H3. The van der Waals surface area contributed by atoms with Gasteiger partial charge in [0.05, 0.1) is 6.42 Å². The van der Waals surface area contributed by atoms with E-state index in [2.05, 4.69) is 0 Å². The number of esters is 1. The summed E-state index contributed by atoms with van der Waals surface area (Å²) in [4.78, 5) is 23.7. The first-order valence-corrected chi connectivity index (χ1v) is 6.86. The molecule has 0 aliphatic rings. The second kappa shape index (κ2) is 6.84. The van der Waals surface area contributed by atoms with Gasteiger partial charge in [-0.05, 0) is 36.6 Å². The Balaban J connectivity index is 1.89. The number of hydrogen-bond donors (Lipinski definition) is 0. The van der Waals surface area contributed by atoms with Crippen LogP contribution in [0.4, 0.5) is 0 Å². The Morgan fingerprint density at radius 3 is 2.33 bits per heavy atom. The lowest BCUT2D eigenvalue weighted by Crippen LogP contribution is -2.15. The number of hydrogen-bond acceptors (Lipinski definition) is 3. The minimum atomic E-state index is -0.390. The summed E-state index contributed by atoms with van der Waals surface area (Å²) in [7, 11) is 0. The first-order chi connectivity index (χ1) is 10.1. The average molecular weight is 282 g/mol. The molecule has 0 unspecified atom stereocenters. The zero-order valence-electron chi connectivity index (χ0n) is 12.3. The maximum absolute atomic E-state index is 12.0. The molecule has 0 aliphatic carbocycles. The van der Waals surface area contributed by atoms with E-state index >= 15 is 0 Å². The zero-order valence-corrected chi connectivity index (χ0v) is 12.3. The molecule has 0 fully saturated rings. The number of rotatable bonds is 5. The molecule has 3 heteroatoms. The summed E-state index contributed by atoms with van der Waals surface area (Å²) in [5.74, 6) is -0.571. The molecule has 0 bridgehead atoms. The Morgan fingerprint density at radius 1 is 0.952 bits per heavy atom. The van der Waals surface area contributed by atoms with Crippen molar-refractivity contribution in [2.75, 3.05) is 6.61 Å². The van der Waals surface area contributed by atoms with Crippen molar-refractivity contribution in [1.29, 1.82) is 0 Å². The SMILES string of the molecule is Cc1ccc(C(=O)COC(=O)Cc2ccccc2)cc1C. The van der Waals surface area contributed by atoms with Gasteiger partial charge in [0.25, 0.3) is 0 Å². The van der Waals surface area contributed by atoms with Crippen LogP contribution in [0.1, 0.15) is 27.0 Å². The first kappa shape index (κ1) is 15.0. The molecule has 0 radical (unpaired) electrons. The van der Waals surface area contributed by atoms with Gasteiger partial charge in [0, 0.05) is 5.56 Å². The van der Waals surface area contributed by atoms with Crippen molar-refractivity contribution < 1.29 is 14.3 Å². The maximum Gasteiger partial charge on any atom is 0.310 e. The molecule has 0 saturated carbocycles. The van der Waals surface area contributed by atoms with E-state index in [0.717, 1.165) is 16.7 Å². The minimum absolute atomic E-state index is 0.181. The molecule has 2 aromatic carbocycles. The normalized spacial score (nSPS) is 10.2. The van der Waals surface area contributed by atoms with Crippen molar-refractivity contribution >= 4 is 11.8 Å². The average Bonchev–Trinajstić information content (AvgIpc) is 2.48. The molecule has 0 aliphatic heterocycles. The largest absolute Gasteiger partial charge is 0.457 e. The van der Waals surface area contributed by atoms with E-state index in [4.69, 9.17) is 4.74 Å². The summed E-state index contributed by atoms with van der Waals surface area (Å²) in [5.41, 5.74) is 3.64. The topological polar surface area (TPSA) is 43.4 Å². The molecular formula is C18H18O3. The molecule has 0 atom stereocenters. The number of aryl methyl sites for hydroxylation is 2. The number of carbonyl (C=O) groups excluding carboxylic acids is 2. The van der Waals surface area contributed by atoms with E-state index in [1.807, 2.05) is 56.3 Å². The Kier molecular flexibility index (Phi) is 4.88. The smallest absolute Gasteiger partial charge is 0.310 e. The van der Waals surface area contributed by atoms with Crippen LogP contribution in [0.15, 0.2) is 48.5 Å². The summed E-state index contributed by atoms with van der Waals surface area (Å²) in [6.45, 7) is 3.73. The second-order valence-corrected chi connectivity index (χ2v) is 5.05. The van der Waals surface area contributed by atoms with Gasteiger partial charge in [-0.15, -0.1) is 0 Å². The molecule has 0 N–H and O–H groups in total. The Bertz CT molecular complexity index is 645. The molecule has 0 heterocycles.